The number of furan rings is 1. The molecule has 2 aromatic rings. The molecular formula is C15H17ClFNO. The molecule has 0 fully saturated rings. The van der Waals surface area contributed by atoms with Crippen molar-refractivity contribution in [2.45, 2.75) is 25.8 Å². The lowest BCUT2D eigenvalue weighted by Crippen LogP contribution is -2.33. The Bertz CT molecular complexity index is 513. The van der Waals surface area contributed by atoms with Crippen LogP contribution in [0.3, 0.4) is 0 Å². The largest absolute Gasteiger partial charge is 0.472 e. The molecule has 1 aromatic heterocycles. The van der Waals surface area contributed by atoms with E-state index < -0.39 is 0 Å². The second-order valence-electron chi connectivity index (χ2n) is 4.53. The lowest BCUT2D eigenvalue weighted by Gasteiger charge is -2.18. The van der Waals surface area contributed by atoms with Crippen LogP contribution in [0.15, 0.2) is 41.2 Å². The molecule has 1 atom stereocenters. The standard InChI is InChI=1S/C15H17ClFNO/c1-2-18-14(7-11-5-6-19-10-11)8-12-3-4-13(17)9-15(12)16/h3-6,9-10,14,18H,2,7-8H2,1H3. The molecule has 1 unspecified atom stereocenters. The molecule has 0 saturated carbocycles. The molecule has 2 rings (SSSR count). The van der Waals surface area contributed by atoms with E-state index in [-0.39, 0.29) is 11.9 Å². The molecule has 0 spiro atoms. The van der Waals surface area contributed by atoms with Crippen molar-refractivity contribution in [1.82, 2.24) is 5.32 Å². The average molecular weight is 282 g/mol. The van der Waals surface area contributed by atoms with Gasteiger partial charge in [-0.2, -0.15) is 0 Å². The smallest absolute Gasteiger partial charge is 0.124 e. The number of likely N-dealkylation sites (N-methyl/N-ethyl adjacent to an activating group) is 1. The highest BCUT2D eigenvalue weighted by atomic mass is 35.5. The first-order valence-electron chi connectivity index (χ1n) is 6.37. The van der Waals surface area contributed by atoms with Crippen LogP contribution < -0.4 is 5.32 Å². The van der Waals surface area contributed by atoms with E-state index >= 15 is 0 Å². The van der Waals surface area contributed by atoms with Gasteiger partial charge in [-0.3, -0.25) is 0 Å². The minimum atomic E-state index is -0.302. The van der Waals surface area contributed by atoms with E-state index in [1.54, 1.807) is 18.6 Å². The zero-order valence-electron chi connectivity index (χ0n) is 10.8. The van der Waals surface area contributed by atoms with E-state index in [0.29, 0.717) is 5.02 Å². The number of halogens is 2. The Morgan fingerprint density at radius 1 is 1.32 bits per heavy atom. The van der Waals surface area contributed by atoms with E-state index in [4.69, 9.17) is 16.0 Å². The van der Waals surface area contributed by atoms with Crippen LogP contribution in [0.4, 0.5) is 4.39 Å². The number of benzene rings is 1. The molecular weight excluding hydrogens is 265 g/mol. The summed E-state index contributed by atoms with van der Waals surface area (Å²) in [4.78, 5) is 0. The minimum Gasteiger partial charge on any atom is -0.472 e. The van der Waals surface area contributed by atoms with Gasteiger partial charge < -0.3 is 9.73 Å². The molecule has 0 bridgehead atoms. The average Bonchev–Trinajstić information content (AvgIpc) is 2.86. The zero-order valence-corrected chi connectivity index (χ0v) is 11.6. The second kappa shape index (κ2) is 6.73. The summed E-state index contributed by atoms with van der Waals surface area (Å²) in [6, 6.07) is 6.76. The lowest BCUT2D eigenvalue weighted by atomic mass is 10.0. The quantitative estimate of drug-likeness (QED) is 0.870. The highest BCUT2D eigenvalue weighted by Crippen LogP contribution is 2.20. The van der Waals surface area contributed by atoms with Crippen molar-refractivity contribution in [3.63, 3.8) is 0 Å². The van der Waals surface area contributed by atoms with Crippen molar-refractivity contribution < 1.29 is 8.81 Å². The molecule has 0 amide bonds. The number of rotatable bonds is 6. The molecule has 1 heterocycles. The first kappa shape index (κ1) is 14.1. The van der Waals surface area contributed by atoms with Crippen LogP contribution in [0, 0.1) is 5.82 Å². The molecule has 102 valence electrons. The van der Waals surface area contributed by atoms with Crippen LogP contribution in [0.1, 0.15) is 18.1 Å². The van der Waals surface area contributed by atoms with Gasteiger partial charge in [-0.15, -0.1) is 0 Å². The predicted molar refractivity (Wildman–Crippen MR) is 75.0 cm³/mol. The SMILES string of the molecule is CCNC(Cc1ccoc1)Cc1ccc(F)cc1Cl. The van der Waals surface area contributed by atoms with Crippen molar-refractivity contribution in [2.24, 2.45) is 0 Å². The highest BCUT2D eigenvalue weighted by molar-refractivity contribution is 6.31. The molecule has 19 heavy (non-hydrogen) atoms. The third-order valence-electron chi connectivity index (χ3n) is 3.04. The van der Waals surface area contributed by atoms with Crippen LogP contribution in [-0.4, -0.2) is 12.6 Å². The van der Waals surface area contributed by atoms with Gasteiger partial charge in [0.2, 0.25) is 0 Å². The van der Waals surface area contributed by atoms with Crippen LogP contribution in [-0.2, 0) is 12.8 Å². The Morgan fingerprint density at radius 3 is 2.79 bits per heavy atom. The summed E-state index contributed by atoms with van der Waals surface area (Å²) in [6.45, 7) is 2.94. The monoisotopic (exact) mass is 281 g/mol. The molecule has 4 heteroatoms. The zero-order chi connectivity index (χ0) is 13.7. The van der Waals surface area contributed by atoms with E-state index in [1.165, 1.54) is 12.1 Å². The van der Waals surface area contributed by atoms with E-state index in [9.17, 15) is 4.39 Å². The molecule has 0 aliphatic heterocycles. The predicted octanol–water partition coefficient (Wildman–Crippen LogP) is 3.84. The van der Waals surface area contributed by atoms with Crippen molar-refractivity contribution in [2.75, 3.05) is 6.54 Å². The fourth-order valence-electron chi connectivity index (χ4n) is 2.15. The molecule has 0 saturated heterocycles. The van der Waals surface area contributed by atoms with Gasteiger partial charge in [-0.05, 0) is 48.7 Å². The minimum absolute atomic E-state index is 0.255. The number of hydrogen-bond donors (Lipinski definition) is 1. The van der Waals surface area contributed by atoms with E-state index in [0.717, 1.165) is 30.5 Å². The first-order chi connectivity index (χ1) is 9.19. The maximum atomic E-state index is 13.0. The van der Waals surface area contributed by atoms with E-state index in [2.05, 4.69) is 12.2 Å². The lowest BCUT2D eigenvalue weighted by molar-refractivity contribution is 0.513. The van der Waals surface area contributed by atoms with Crippen molar-refractivity contribution >= 4 is 11.6 Å². The number of nitrogens with one attached hydrogen (secondary N) is 1. The van der Waals surface area contributed by atoms with Gasteiger partial charge >= 0.3 is 0 Å². The van der Waals surface area contributed by atoms with Crippen molar-refractivity contribution in [1.29, 1.82) is 0 Å². The van der Waals surface area contributed by atoms with Crippen molar-refractivity contribution in [3.8, 4) is 0 Å². The topological polar surface area (TPSA) is 25.2 Å². The molecule has 0 radical (unpaired) electrons. The van der Waals surface area contributed by atoms with Crippen LogP contribution in [0.2, 0.25) is 5.02 Å². The maximum absolute atomic E-state index is 13.0. The molecule has 0 aliphatic rings. The molecule has 2 nitrogen and oxygen atoms in total. The highest BCUT2D eigenvalue weighted by Gasteiger charge is 2.12. The first-order valence-corrected chi connectivity index (χ1v) is 6.75. The van der Waals surface area contributed by atoms with Gasteiger partial charge in [0.05, 0.1) is 12.5 Å². The third kappa shape index (κ3) is 4.08. The molecule has 0 aliphatic carbocycles. The fraction of sp³-hybridized carbons (Fsp3) is 0.333. The van der Waals surface area contributed by atoms with Gasteiger partial charge in [-0.1, -0.05) is 24.6 Å². The van der Waals surface area contributed by atoms with Crippen LogP contribution in [0.25, 0.3) is 0 Å². The Hall–Kier alpha value is -1.32. The van der Waals surface area contributed by atoms with Crippen LogP contribution in [0.5, 0.6) is 0 Å². The normalized spacial score (nSPS) is 12.6. The second-order valence-corrected chi connectivity index (χ2v) is 4.94. The Labute approximate surface area is 117 Å². The maximum Gasteiger partial charge on any atom is 0.124 e. The molecule has 1 N–H and O–H groups in total. The third-order valence-corrected chi connectivity index (χ3v) is 3.39. The summed E-state index contributed by atoms with van der Waals surface area (Å²) in [7, 11) is 0. The molecule has 1 aromatic carbocycles. The van der Waals surface area contributed by atoms with Gasteiger partial charge in [0.1, 0.15) is 5.82 Å². The Balaban J connectivity index is 2.07. The summed E-state index contributed by atoms with van der Waals surface area (Å²) in [5.41, 5.74) is 2.10. The Kier molecular flexibility index (Phi) is 5.00. The Morgan fingerprint density at radius 2 is 2.16 bits per heavy atom. The number of hydrogen-bond acceptors (Lipinski definition) is 2. The van der Waals surface area contributed by atoms with Gasteiger partial charge in [0.15, 0.2) is 0 Å². The summed E-state index contributed by atoms with van der Waals surface area (Å²) < 4.78 is 18.1. The van der Waals surface area contributed by atoms with E-state index in [1.807, 2.05) is 6.07 Å². The summed E-state index contributed by atoms with van der Waals surface area (Å²) >= 11 is 6.07. The van der Waals surface area contributed by atoms with Gasteiger partial charge in [0, 0.05) is 11.1 Å². The summed E-state index contributed by atoms with van der Waals surface area (Å²) in [5, 5.41) is 3.90. The van der Waals surface area contributed by atoms with Gasteiger partial charge in [0.25, 0.3) is 0 Å². The fourth-order valence-corrected chi connectivity index (χ4v) is 2.40. The van der Waals surface area contributed by atoms with Crippen molar-refractivity contribution in [3.05, 3.63) is 58.8 Å². The van der Waals surface area contributed by atoms with Gasteiger partial charge in [-0.25, -0.2) is 4.39 Å². The summed E-state index contributed by atoms with van der Waals surface area (Å²) in [6.07, 6.45) is 5.04. The summed E-state index contributed by atoms with van der Waals surface area (Å²) in [5.74, 6) is -0.302. The van der Waals surface area contributed by atoms with Crippen LogP contribution >= 0.6 is 11.6 Å².